The van der Waals surface area contributed by atoms with Gasteiger partial charge in [-0.25, -0.2) is 0 Å². The molecule has 2 aromatic carbocycles. The predicted molar refractivity (Wildman–Crippen MR) is 103 cm³/mol. The zero-order chi connectivity index (χ0) is 18.9. The highest BCUT2D eigenvalue weighted by atomic mass is 16.5. The Morgan fingerprint density at radius 1 is 1.07 bits per heavy atom. The van der Waals surface area contributed by atoms with E-state index in [0.717, 1.165) is 35.6 Å². The molecule has 1 heterocycles. The second-order valence-electron chi connectivity index (χ2n) is 6.39. The zero-order valence-corrected chi connectivity index (χ0v) is 15.6. The fourth-order valence-electron chi connectivity index (χ4n) is 2.98. The van der Waals surface area contributed by atoms with Gasteiger partial charge in [0, 0.05) is 18.5 Å². The van der Waals surface area contributed by atoms with Crippen molar-refractivity contribution in [3.63, 3.8) is 0 Å². The summed E-state index contributed by atoms with van der Waals surface area (Å²) < 4.78 is 16.8. The van der Waals surface area contributed by atoms with Crippen LogP contribution in [-0.2, 0) is 16.1 Å². The number of carbonyl (C=O) groups is 1. The molecule has 1 amide bonds. The van der Waals surface area contributed by atoms with Gasteiger partial charge in [0.05, 0.1) is 39.5 Å². The molecule has 1 fully saturated rings. The van der Waals surface area contributed by atoms with Crippen molar-refractivity contribution in [3.8, 4) is 11.5 Å². The van der Waals surface area contributed by atoms with E-state index in [9.17, 15) is 4.79 Å². The van der Waals surface area contributed by atoms with E-state index in [0.29, 0.717) is 26.4 Å². The molecule has 1 unspecified atom stereocenters. The standard InChI is InChI=1S/C21H26N2O4/c1-25-20-6-3-2-5-17(20)15-26-11-4-12-27-18-9-7-16(8-10-18)19-13-22-14-21(24)23-19/h2-3,5-10,19,22H,4,11-15H2,1H3,(H,23,24). The number of rotatable bonds is 9. The molecule has 6 nitrogen and oxygen atoms in total. The second-order valence-corrected chi connectivity index (χ2v) is 6.39. The molecular formula is C21H26N2O4. The van der Waals surface area contributed by atoms with Crippen molar-refractivity contribution >= 4 is 5.91 Å². The fourth-order valence-corrected chi connectivity index (χ4v) is 2.98. The highest BCUT2D eigenvalue weighted by Gasteiger charge is 2.18. The van der Waals surface area contributed by atoms with Crippen molar-refractivity contribution in [1.29, 1.82) is 0 Å². The first-order valence-electron chi connectivity index (χ1n) is 9.19. The van der Waals surface area contributed by atoms with Crippen LogP contribution in [0.3, 0.4) is 0 Å². The summed E-state index contributed by atoms with van der Waals surface area (Å²) in [5.74, 6) is 1.69. The third kappa shape index (κ3) is 5.70. The quantitative estimate of drug-likeness (QED) is 0.664. The van der Waals surface area contributed by atoms with Crippen LogP contribution in [0, 0.1) is 0 Å². The Labute approximate surface area is 159 Å². The van der Waals surface area contributed by atoms with E-state index in [1.54, 1.807) is 7.11 Å². The first-order valence-corrected chi connectivity index (χ1v) is 9.19. The lowest BCUT2D eigenvalue weighted by Gasteiger charge is -2.24. The third-order valence-corrected chi connectivity index (χ3v) is 4.40. The summed E-state index contributed by atoms with van der Waals surface area (Å²) in [7, 11) is 1.66. The Kier molecular flexibility index (Phi) is 7.07. The highest BCUT2D eigenvalue weighted by molar-refractivity contribution is 5.79. The molecule has 1 saturated heterocycles. The van der Waals surface area contributed by atoms with Gasteiger partial charge in [-0.3, -0.25) is 4.79 Å². The van der Waals surface area contributed by atoms with E-state index in [4.69, 9.17) is 14.2 Å². The van der Waals surface area contributed by atoms with Gasteiger partial charge >= 0.3 is 0 Å². The normalized spacial score (nSPS) is 16.6. The van der Waals surface area contributed by atoms with Gasteiger partial charge in [0.2, 0.25) is 5.91 Å². The number of ether oxygens (including phenoxy) is 3. The maximum atomic E-state index is 11.5. The summed E-state index contributed by atoms with van der Waals surface area (Å²) in [4.78, 5) is 11.5. The molecule has 1 aliphatic rings. The smallest absolute Gasteiger partial charge is 0.234 e. The van der Waals surface area contributed by atoms with Crippen LogP contribution in [0.1, 0.15) is 23.6 Å². The van der Waals surface area contributed by atoms with Crippen LogP contribution in [-0.4, -0.2) is 39.3 Å². The van der Waals surface area contributed by atoms with Gasteiger partial charge in [0.15, 0.2) is 0 Å². The number of nitrogens with one attached hydrogen (secondary N) is 2. The maximum Gasteiger partial charge on any atom is 0.234 e. The molecule has 2 aromatic rings. The Morgan fingerprint density at radius 2 is 1.89 bits per heavy atom. The number of benzene rings is 2. The monoisotopic (exact) mass is 370 g/mol. The van der Waals surface area contributed by atoms with Crippen LogP contribution in [0.25, 0.3) is 0 Å². The van der Waals surface area contributed by atoms with Crippen molar-refractivity contribution in [3.05, 3.63) is 59.7 Å². The minimum atomic E-state index is 0.0173. The lowest BCUT2D eigenvalue weighted by molar-refractivity contribution is -0.122. The number of carbonyl (C=O) groups excluding carboxylic acids is 1. The van der Waals surface area contributed by atoms with E-state index in [1.807, 2.05) is 48.5 Å². The Bertz CT molecular complexity index is 733. The number of para-hydroxylation sites is 1. The highest BCUT2D eigenvalue weighted by Crippen LogP contribution is 2.19. The molecule has 0 aromatic heterocycles. The molecular weight excluding hydrogens is 344 g/mol. The van der Waals surface area contributed by atoms with E-state index in [2.05, 4.69) is 10.6 Å². The van der Waals surface area contributed by atoms with Crippen molar-refractivity contribution < 1.29 is 19.0 Å². The van der Waals surface area contributed by atoms with Gasteiger partial charge in [-0.05, 0) is 23.8 Å². The second kappa shape index (κ2) is 9.94. The minimum absolute atomic E-state index is 0.0173. The molecule has 1 aliphatic heterocycles. The number of amides is 1. The van der Waals surface area contributed by atoms with Gasteiger partial charge in [-0.2, -0.15) is 0 Å². The molecule has 0 radical (unpaired) electrons. The molecule has 2 N–H and O–H groups in total. The number of hydrogen-bond donors (Lipinski definition) is 2. The van der Waals surface area contributed by atoms with E-state index in [1.165, 1.54) is 0 Å². The summed E-state index contributed by atoms with van der Waals surface area (Å²) >= 11 is 0. The number of methoxy groups -OCH3 is 1. The number of hydrogen-bond acceptors (Lipinski definition) is 5. The SMILES string of the molecule is COc1ccccc1COCCCOc1ccc(C2CNCC(=O)N2)cc1. The molecule has 0 spiro atoms. The Balaban J connectivity index is 1.35. The third-order valence-electron chi connectivity index (χ3n) is 4.40. The Morgan fingerprint density at radius 3 is 2.67 bits per heavy atom. The fraction of sp³-hybridized carbons (Fsp3) is 0.381. The van der Waals surface area contributed by atoms with Crippen molar-refractivity contribution in [1.82, 2.24) is 10.6 Å². The van der Waals surface area contributed by atoms with E-state index in [-0.39, 0.29) is 11.9 Å². The maximum absolute atomic E-state index is 11.5. The lowest BCUT2D eigenvalue weighted by atomic mass is 10.1. The largest absolute Gasteiger partial charge is 0.496 e. The summed E-state index contributed by atoms with van der Waals surface area (Å²) in [6.07, 6.45) is 0.805. The zero-order valence-electron chi connectivity index (χ0n) is 15.6. The van der Waals surface area contributed by atoms with Gasteiger partial charge in [0.1, 0.15) is 11.5 Å². The van der Waals surface area contributed by atoms with Crippen molar-refractivity contribution in [2.24, 2.45) is 0 Å². The lowest BCUT2D eigenvalue weighted by Crippen LogP contribution is -2.46. The topological polar surface area (TPSA) is 68.8 Å². The molecule has 27 heavy (non-hydrogen) atoms. The summed E-state index contributed by atoms with van der Waals surface area (Å²) in [5.41, 5.74) is 2.11. The average molecular weight is 370 g/mol. The van der Waals surface area contributed by atoms with E-state index >= 15 is 0 Å². The average Bonchev–Trinajstić information content (AvgIpc) is 2.71. The molecule has 0 saturated carbocycles. The van der Waals surface area contributed by atoms with Gasteiger partial charge in [0.25, 0.3) is 0 Å². The van der Waals surface area contributed by atoms with Crippen LogP contribution >= 0.6 is 0 Å². The number of piperazine rings is 1. The first kappa shape index (κ1) is 19.2. The predicted octanol–water partition coefficient (Wildman–Crippen LogP) is 2.44. The van der Waals surface area contributed by atoms with E-state index < -0.39 is 0 Å². The molecule has 1 atom stereocenters. The van der Waals surface area contributed by atoms with Crippen molar-refractivity contribution in [2.45, 2.75) is 19.1 Å². The van der Waals surface area contributed by atoms with Crippen LogP contribution in [0.4, 0.5) is 0 Å². The van der Waals surface area contributed by atoms with Gasteiger partial charge in [-0.15, -0.1) is 0 Å². The molecule has 6 heteroatoms. The Hall–Kier alpha value is -2.57. The van der Waals surface area contributed by atoms with Crippen molar-refractivity contribution in [2.75, 3.05) is 33.4 Å². The van der Waals surface area contributed by atoms with Crippen LogP contribution in [0.5, 0.6) is 11.5 Å². The molecule has 144 valence electrons. The van der Waals surface area contributed by atoms with Crippen LogP contribution in [0.15, 0.2) is 48.5 Å². The van der Waals surface area contributed by atoms with Crippen LogP contribution < -0.4 is 20.1 Å². The minimum Gasteiger partial charge on any atom is -0.496 e. The molecule has 0 bridgehead atoms. The summed E-state index contributed by atoms with van der Waals surface area (Å²) in [6, 6.07) is 15.7. The molecule has 3 rings (SSSR count). The summed E-state index contributed by atoms with van der Waals surface area (Å²) in [6.45, 7) is 2.87. The first-order chi connectivity index (χ1) is 13.3. The van der Waals surface area contributed by atoms with Gasteiger partial charge < -0.3 is 24.8 Å². The van der Waals surface area contributed by atoms with Crippen LogP contribution in [0.2, 0.25) is 0 Å². The molecule has 0 aliphatic carbocycles. The summed E-state index contributed by atoms with van der Waals surface area (Å²) in [5, 5.41) is 6.08. The van der Waals surface area contributed by atoms with Gasteiger partial charge in [-0.1, -0.05) is 30.3 Å².